The minimum absolute atomic E-state index is 0.0197. The van der Waals surface area contributed by atoms with E-state index in [-0.39, 0.29) is 17.4 Å². The predicted molar refractivity (Wildman–Crippen MR) is 85.8 cm³/mol. The van der Waals surface area contributed by atoms with E-state index in [0.29, 0.717) is 5.75 Å². The zero-order chi connectivity index (χ0) is 15.4. The molecule has 1 saturated heterocycles. The molecule has 0 saturated carbocycles. The third-order valence-corrected chi connectivity index (χ3v) is 5.77. The van der Waals surface area contributed by atoms with Crippen LogP contribution in [0, 0.1) is 0 Å². The van der Waals surface area contributed by atoms with Gasteiger partial charge >= 0.3 is 12.0 Å². The van der Waals surface area contributed by atoms with Crippen LogP contribution in [0.3, 0.4) is 0 Å². The highest BCUT2D eigenvalue weighted by atomic mass is 32.2. The van der Waals surface area contributed by atoms with Crippen LogP contribution >= 0.6 is 23.1 Å². The molecule has 3 unspecified atom stereocenters. The summed E-state index contributed by atoms with van der Waals surface area (Å²) in [6.45, 7) is 3.91. The third-order valence-electron chi connectivity index (χ3n) is 3.42. The van der Waals surface area contributed by atoms with Gasteiger partial charge in [0.25, 0.3) is 0 Å². The summed E-state index contributed by atoms with van der Waals surface area (Å²) >= 11 is 3.19. The van der Waals surface area contributed by atoms with Gasteiger partial charge in [0.05, 0.1) is 5.37 Å². The van der Waals surface area contributed by atoms with Crippen molar-refractivity contribution in [2.75, 3.05) is 5.75 Å². The molecule has 2 amide bonds. The molecular formula is C14H20N2O3S2. The van der Waals surface area contributed by atoms with Crippen LogP contribution in [0.1, 0.15) is 25.1 Å². The van der Waals surface area contributed by atoms with Crippen molar-refractivity contribution in [3.8, 4) is 0 Å². The SMILES string of the molecule is CCC1SCC(C(=O)O)N1C(=O)NC(C)Cc1cccs1. The molecule has 1 aliphatic heterocycles. The van der Waals surface area contributed by atoms with Crippen molar-refractivity contribution in [2.45, 2.75) is 44.1 Å². The number of amides is 2. The lowest BCUT2D eigenvalue weighted by Crippen LogP contribution is -2.52. The van der Waals surface area contributed by atoms with Crippen LogP contribution in [0.5, 0.6) is 0 Å². The Bertz CT molecular complexity index is 492. The number of thiophene rings is 1. The van der Waals surface area contributed by atoms with E-state index in [4.69, 9.17) is 0 Å². The molecular weight excluding hydrogens is 308 g/mol. The lowest BCUT2D eigenvalue weighted by Gasteiger charge is -2.28. The van der Waals surface area contributed by atoms with Gasteiger partial charge < -0.3 is 10.4 Å². The summed E-state index contributed by atoms with van der Waals surface area (Å²) < 4.78 is 0. The minimum atomic E-state index is -0.931. The van der Waals surface area contributed by atoms with E-state index in [0.717, 1.165) is 12.8 Å². The van der Waals surface area contributed by atoms with Gasteiger partial charge in [0.15, 0.2) is 0 Å². The van der Waals surface area contributed by atoms with Gasteiger partial charge in [-0.1, -0.05) is 13.0 Å². The van der Waals surface area contributed by atoms with Crippen LogP contribution in [0.15, 0.2) is 17.5 Å². The van der Waals surface area contributed by atoms with Crippen molar-refractivity contribution < 1.29 is 14.7 Å². The maximum atomic E-state index is 12.4. The highest BCUT2D eigenvalue weighted by Gasteiger charge is 2.41. The van der Waals surface area contributed by atoms with Crippen LogP contribution in [0.25, 0.3) is 0 Å². The van der Waals surface area contributed by atoms with Gasteiger partial charge in [0.2, 0.25) is 0 Å². The van der Waals surface area contributed by atoms with Crippen LogP contribution in [-0.2, 0) is 11.2 Å². The van der Waals surface area contributed by atoms with E-state index in [1.807, 2.05) is 31.4 Å². The normalized spacial score (nSPS) is 23.0. The van der Waals surface area contributed by atoms with Crippen molar-refractivity contribution in [1.29, 1.82) is 0 Å². The molecule has 21 heavy (non-hydrogen) atoms. The molecule has 5 nitrogen and oxygen atoms in total. The summed E-state index contributed by atoms with van der Waals surface area (Å²) in [6.07, 6.45) is 1.51. The smallest absolute Gasteiger partial charge is 0.327 e. The van der Waals surface area contributed by atoms with Crippen molar-refractivity contribution >= 4 is 35.1 Å². The molecule has 1 aromatic heterocycles. The molecule has 0 bridgehead atoms. The summed E-state index contributed by atoms with van der Waals surface area (Å²) in [5, 5.41) is 14.1. The van der Waals surface area contributed by atoms with Crippen LogP contribution in [0.2, 0.25) is 0 Å². The molecule has 2 heterocycles. The Morgan fingerprint density at radius 3 is 2.90 bits per heavy atom. The number of nitrogens with one attached hydrogen (secondary N) is 1. The molecule has 0 radical (unpaired) electrons. The minimum Gasteiger partial charge on any atom is -0.480 e. The van der Waals surface area contributed by atoms with Crippen LogP contribution in [-0.4, -0.2) is 45.2 Å². The Kier molecular flexibility index (Phi) is 5.52. The Labute approximate surface area is 132 Å². The van der Waals surface area contributed by atoms with Gasteiger partial charge in [-0.05, 0) is 24.8 Å². The highest BCUT2D eigenvalue weighted by Crippen LogP contribution is 2.31. The quantitative estimate of drug-likeness (QED) is 0.872. The number of rotatable bonds is 5. The van der Waals surface area contributed by atoms with Crippen LogP contribution < -0.4 is 5.32 Å². The number of hydrogen-bond acceptors (Lipinski definition) is 4. The standard InChI is InChI=1S/C14H20N2O3S2/c1-3-12-16(11(8-21-12)13(17)18)14(19)15-9(2)7-10-5-4-6-20-10/h4-6,9,11-12H,3,7-8H2,1-2H3,(H,15,19)(H,17,18). The van der Waals surface area contributed by atoms with Crippen molar-refractivity contribution in [3.05, 3.63) is 22.4 Å². The summed E-state index contributed by atoms with van der Waals surface area (Å²) in [4.78, 5) is 26.4. The second kappa shape index (κ2) is 7.17. The van der Waals surface area contributed by atoms with E-state index < -0.39 is 12.0 Å². The number of carboxylic acids is 1. The molecule has 0 aliphatic carbocycles. The maximum Gasteiger partial charge on any atom is 0.327 e. The van der Waals surface area contributed by atoms with E-state index in [1.54, 1.807) is 11.3 Å². The summed E-state index contributed by atoms with van der Waals surface area (Å²) in [7, 11) is 0. The molecule has 0 spiro atoms. The Balaban J connectivity index is 1.98. The molecule has 7 heteroatoms. The largest absolute Gasteiger partial charge is 0.480 e. The van der Waals surface area contributed by atoms with E-state index in [1.165, 1.54) is 21.5 Å². The second-order valence-corrected chi connectivity index (χ2v) is 7.33. The first kappa shape index (κ1) is 16.2. The lowest BCUT2D eigenvalue weighted by atomic mass is 10.2. The first-order valence-electron chi connectivity index (χ1n) is 6.98. The number of urea groups is 1. The fraction of sp³-hybridized carbons (Fsp3) is 0.571. The monoisotopic (exact) mass is 328 g/mol. The van der Waals surface area contributed by atoms with Gasteiger partial charge in [-0.2, -0.15) is 0 Å². The molecule has 2 N–H and O–H groups in total. The van der Waals surface area contributed by atoms with E-state index in [9.17, 15) is 14.7 Å². The molecule has 116 valence electrons. The summed E-state index contributed by atoms with van der Waals surface area (Å²) in [6, 6.07) is 3.00. The molecule has 1 aromatic rings. The average Bonchev–Trinajstić information content (AvgIpc) is 3.06. The number of hydrogen-bond donors (Lipinski definition) is 2. The first-order valence-corrected chi connectivity index (χ1v) is 8.91. The van der Waals surface area contributed by atoms with Crippen molar-refractivity contribution in [3.63, 3.8) is 0 Å². The zero-order valence-electron chi connectivity index (χ0n) is 12.1. The number of carboxylic acid groups (broad SMARTS) is 1. The third kappa shape index (κ3) is 3.91. The number of thioether (sulfide) groups is 1. The molecule has 1 aliphatic rings. The maximum absolute atomic E-state index is 12.4. The summed E-state index contributed by atoms with van der Waals surface area (Å²) in [5.74, 6) is -0.472. The Morgan fingerprint density at radius 2 is 2.33 bits per heavy atom. The van der Waals surface area contributed by atoms with E-state index in [2.05, 4.69) is 5.32 Å². The first-order chi connectivity index (χ1) is 10.0. The average molecular weight is 328 g/mol. The topological polar surface area (TPSA) is 69.6 Å². The number of carbonyl (C=O) groups excluding carboxylic acids is 1. The van der Waals surface area contributed by atoms with Crippen molar-refractivity contribution in [1.82, 2.24) is 10.2 Å². The van der Waals surface area contributed by atoms with Crippen molar-refractivity contribution in [2.24, 2.45) is 0 Å². The number of aliphatic carboxylic acids is 1. The fourth-order valence-electron chi connectivity index (χ4n) is 2.41. The Morgan fingerprint density at radius 1 is 1.57 bits per heavy atom. The fourth-order valence-corrected chi connectivity index (χ4v) is 4.59. The highest BCUT2D eigenvalue weighted by molar-refractivity contribution is 8.00. The van der Waals surface area contributed by atoms with Gasteiger partial charge in [0.1, 0.15) is 6.04 Å². The zero-order valence-corrected chi connectivity index (χ0v) is 13.7. The van der Waals surface area contributed by atoms with Gasteiger partial charge in [-0.25, -0.2) is 9.59 Å². The number of nitrogens with zero attached hydrogens (tertiary/aromatic N) is 1. The van der Waals surface area contributed by atoms with Gasteiger partial charge in [-0.15, -0.1) is 23.1 Å². The number of carbonyl (C=O) groups is 2. The molecule has 1 fully saturated rings. The van der Waals surface area contributed by atoms with Gasteiger partial charge in [0, 0.05) is 23.1 Å². The predicted octanol–water partition coefficient (Wildman–Crippen LogP) is 2.63. The second-order valence-electron chi connectivity index (χ2n) is 5.09. The van der Waals surface area contributed by atoms with Gasteiger partial charge in [-0.3, -0.25) is 4.90 Å². The Hall–Kier alpha value is -1.21. The van der Waals surface area contributed by atoms with E-state index >= 15 is 0 Å². The molecule has 0 aromatic carbocycles. The lowest BCUT2D eigenvalue weighted by molar-refractivity contribution is -0.141. The van der Waals surface area contributed by atoms with Crippen LogP contribution in [0.4, 0.5) is 4.79 Å². The summed E-state index contributed by atoms with van der Waals surface area (Å²) in [5.41, 5.74) is 0. The molecule has 2 rings (SSSR count). The molecule has 3 atom stereocenters.